The SMILES string of the molecule is CCCCCCCCCCCC(=O)NC1C2CNCC21. The molecule has 2 unspecified atom stereocenters. The molecule has 1 aliphatic carbocycles. The first-order valence-corrected chi connectivity index (χ1v) is 8.83. The summed E-state index contributed by atoms with van der Waals surface area (Å²) in [6.45, 7) is 4.47. The van der Waals surface area contributed by atoms with Gasteiger partial charge in [-0.1, -0.05) is 58.3 Å². The zero-order valence-electron chi connectivity index (χ0n) is 13.1. The average molecular weight is 280 g/mol. The minimum absolute atomic E-state index is 0.285. The third-order valence-electron chi connectivity index (χ3n) is 4.93. The third-order valence-corrected chi connectivity index (χ3v) is 4.93. The van der Waals surface area contributed by atoms with Crippen molar-refractivity contribution in [2.45, 2.75) is 77.2 Å². The van der Waals surface area contributed by atoms with Crippen molar-refractivity contribution < 1.29 is 4.79 Å². The highest BCUT2D eigenvalue weighted by molar-refractivity contribution is 5.76. The van der Waals surface area contributed by atoms with E-state index in [-0.39, 0.29) is 5.91 Å². The zero-order valence-corrected chi connectivity index (χ0v) is 13.1. The lowest BCUT2D eigenvalue weighted by Gasteiger charge is -2.07. The van der Waals surface area contributed by atoms with Crippen molar-refractivity contribution in [3.05, 3.63) is 0 Å². The second-order valence-electron chi connectivity index (χ2n) is 6.66. The topological polar surface area (TPSA) is 41.1 Å². The van der Waals surface area contributed by atoms with Gasteiger partial charge in [-0.2, -0.15) is 0 Å². The maximum Gasteiger partial charge on any atom is 0.220 e. The van der Waals surface area contributed by atoms with Crippen LogP contribution in [-0.4, -0.2) is 25.0 Å². The molecule has 2 N–H and O–H groups in total. The first-order chi connectivity index (χ1) is 9.83. The van der Waals surface area contributed by atoms with E-state index in [1.165, 1.54) is 51.4 Å². The minimum atomic E-state index is 0.285. The van der Waals surface area contributed by atoms with Crippen molar-refractivity contribution >= 4 is 5.91 Å². The fraction of sp³-hybridized carbons (Fsp3) is 0.941. The molecule has 0 bridgehead atoms. The van der Waals surface area contributed by atoms with Gasteiger partial charge in [-0.15, -0.1) is 0 Å². The zero-order chi connectivity index (χ0) is 14.2. The summed E-state index contributed by atoms with van der Waals surface area (Å²) in [4.78, 5) is 11.8. The Kier molecular flexibility index (Phi) is 6.85. The van der Waals surface area contributed by atoms with Crippen molar-refractivity contribution in [2.24, 2.45) is 11.8 Å². The van der Waals surface area contributed by atoms with Gasteiger partial charge in [0.2, 0.25) is 5.91 Å². The molecule has 2 atom stereocenters. The standard InChI is InChI=1S/C17H32N2O/c1-2-3-4-5-6-7-8-9-10-11-16(20)19-17-14-12-18-13-15(14)17/h14-15,17-18H,2-13H2,1H3,(H,19,20). The molecule has 2 fully saturated rings. The maximum atomic E-state index is 11.8. The summed E-state index contributed by atoms with van der Waals surface area (Å²) in [5, 5.41) is 6.56. The second-order valence-corrected chi connectivity index (χ2v) is 6.66. The summed E-state index contributed by atoms with van der Waals surface area (Å²) in [7, 11) is 0. The molecule has 2 aliphatic rings. The van der Waals surface area contributed by atoms with Crippen molar-refractivity contribution in [1.29, 1.82) is 0 Å². The Balaban J connectivity index is 1.35. The number of carbonyl (C=O) groups excluding carboxylic acids is 1. The van der Waals surface area contributed by atoms with E-state index in [1.54, 1.807) is 0 Å². The molecule has 1 saturated heterocycles. The normalized spacial score (nSPS) is 27.4. The third kappa shape index (κ3) is 5.08. The van der Waals surface area contributed by atoms with Gasteiger partial charge in [0.25, 0.3) is 0 Å². The van der Waals surface area contributed by atoms with E-state index >= 15 is 0 Å². The van der Waals surface area contributed by atoms with Crippen LogP contribution in [0.4, 0.5) is 0 Å². The quantitative estimate of drug-likeness (QED) is 0.570. The van der Waals surface area contributed by atoms with Crippen molar-refractivity contribution in [3.63, 3.8) is 0 Å². The number of unbranched alkanes of at least 4 members (excludes halogenated alkanes) is 8. The van der Waals surface area contributed by atoms with Gasteiger partial charge in [0.1, 0.15) is 0 Å². The predicted octanol–water partition coefficient (Wildman–Crippen LogP) is 3.24. The van der Waals surface area contributed by atoms with E-state index in [1.807, 2.05) is 0 Å². The van der Waals surface area contributed by atoms with Gasteiger partial charge in [0.05, 0.1) is 0 Å². The van der Waals surface area contributed by atoms with Gasteiger partial charge >= 0.3 is 0 Å². The number of nitrogens with one attached hydrogen (secondary N) is 2. The molecule has 1 heterocycles. The molecule has 116 valence electrons. The van der Waals surface area contributed by atoms with Crippen LogP contribution in [0.2, 0.25) is 0 Å². The Morgan fingerprint density at radius 1 is 0.950 bits per heavy atom. The number of carbonyl (C=O) groups is 1. The van der Waals surface area contributed by atoms with Crippen molar-refractivity contribution in [1.82, 2.24) is 10.6 Å². The first kappa shape index (κ1) is 15.8. The lowest BCUT2D eigenvalue weighted by atomic mass is 10.1. The molecule has 2 rings (SSSR count). The number of amides is 1. The Morgan fingerprint density at radius 2 is 1.50 bits per heavy atom. The maximum absolute atomic E-state index is 11.8. The second kappa shape index (κ2) is 8.66. The monoisotopic (exact) mass is 280 g/mol. The number of piperidine rings is 1. The van der Waals surface area contributed by atoms with Gasteiger partial charge < -0.3 is 10.6 Å². The highest BCUT2D eigenvalue weighted by Gasteiger charge is 2.53. The lowest BCUT2D eigenvalue weighted by molar-refractivity contribution is -0.121. The minimum Gasteiger partial charge on any atom is -0.353 e. The first-order valence-electron chi connectivity index (χ1n) is 8.83. The summed E-state index contributed by atoms with van der Waals surface area (Å²) >= 11 is 0. The molecular formula is C17H32N2O. The van der Waals surface area contributed by atoms with Crippen LogP contribution in [0.25, 0.3) is 0 Å². The van der Waals surface area contributed by atoms with Crippen LogP contribution in [0.15, 0.2) is 0 Å². The number of hydrogen-bond acceptors (Lipinski definition) is 2. The lowest BCUT2D eigenvalue weighted by Crippen LogP contribution is -2.32. The van der Waals surface area contributed by atoms with Gasteiger partial charge in [-0.05, 0) is 18.3 Å². The van der Waals surface area contributed by atoms with E-state index < -0.39 is 0 Å². The van der Waals surface area contributed by atoms with Gasteiger partial charge in [-0.25, -0.2) is 0 Å². The number of rotatable bonds is 11. The van der Waals surface area contributed by atoms with Crippen molar-refractivity contribution in [3.8, 4) is 0 Å². The van der Waals surface area contributed by atoms with Crippen LogP contribution in [0, 0.1) is 11.8 Å². The molecule has 20 heavy (non-hydrogen) atoms. The van der Waals surface area contributed by atoms with Crippen LogP contribution < -0.4 is 10.6 Å². The molecule has 0 aromatic rings. The van der Waals surface area contributed by atoms with Crippen LogP contribution in [0.3, 0.4) is 0 Å². The Morgan fingerprint density at radius 3 is 2.10 bits per heavy atom. The Labute approximate surface area is 124 Å². The average Bonchev–Trinajstić information content (AvgIpc) is 2.88. The fourth-order valence-electron chi connectivity index (χ4n) is 3.49. The molecule has 3 heteroatoms. The van der Waals surface area contributed by atoms with E-state index in [9.17, 15) is 4.79 Å². The van der Waals surface area contributed by atoms with Crippen molar-refractivity contribution in [2.75, 3.05) is 13.1 Å². The summed E-state index contributed by atoms with van der Waals surface area (Å²) in [6, 6.07) is 0.502. The Bertz CT molecular complexity index is 283. The highest BCUT2D eigenvalue weighted by atomic mass is 16.1. The van der Waals surface area contributed by atoms with Crippen LogP contribution in [-0.2, 0) is 4.79 Å². The Hall–Kier alpha value is -0.570. The molecule has 1 amide bonds. The van der Waals surface area contributed by atoms with E-state index in [4.69, 9.17) is 0 Å². The highest BCUT2D eigenvalue weighted by Crippen LogP contribution is 2.41. The van der Waals surface area contributed by atoms with Crippen LogP contribution >= 0.6 is 0 Å². The summed E-state index contributed by atoms with van der Waals surface area (Å²) in [5.41, 5.74) is 0. The summed E-state index contributed by atoms with van der Waals surface area (Å²) in [5.74, 6) is 1.76. The van der Waals surface area contributed by atoms with E-state index in [0.29, 0.717) is 6.04 Å². The molecule has 3 nitrogen and oxygen atoms in total. The van der Waals surface area contributed by atoms with E-state index in [0.717, 1.165) is 37.8 Å². The molecule has 1 aliphatic heterocycles. The molecule has 0 radical (unpaired) electrons. The summed E-state index contributed by atoms with van der Waals surface area (Å²) < 4.78 is 0. The molecular weight excluding hydrogens is 248 g/mol. The predicted molar refractivity (Wildman–Crippen MR) is 83.6 cm³/mol. The van der Waals surface area contributed by atoms with Gasteiger partial charge in [-0.3, -0.25) is 4.79 Å². The smallest absolute Gasteiger partial charge is 0.220 e. The van der Waals surface area contributed by atoms with E-state index in [2.05, 4.69) is 17.6 Å². The molecule has 0 spiro atoms. The molecule has 0 aromatic carbocycles. The van der Waals surface area contributed by atoms with Crippen LogP contribution in [0.5, 0.6) is 0 Å². The van der Waals surface area contributed by atoms with Gasteiger partial charge in [0, 0.05) is 25.6 Å². The molecule has 1 saturated carbocycles. The fourth-order valence-corrected chi connectivity index (χ4v) is 3.49. The summed E-state index contributed by atoms with van der Waals surface area (Å²) in [6.07, 6.45) is 12.6. The molecule has 0 aromatic heterocycles. The number of hydrogen-bond donors (Lipinski definition) is 2. The number of fused-ring (bicyclic) bond motifs is 1. The van der Waals surface area contributed by atoms with Gasteiger partial charge in [0.15, 0.2) is 0 Å². The largest absolute Gasteiger partial charge is 0.353 e. The van der Waals surface area contributed by atoms with Crippen LogP contribution in [0.1, 0.15) is 71.1 Å².